The van der Waals surface area contributed by atoms with Gasteiger partial charge in [0.1, 0.15) is 11.4 Å². The number of hydrogen-bond acceptors (Lipinski definition) is 7. The van der Waals surface area contributed by atoms with Gasteiger partial charge >= 0.3 is 18.2 Å². The van der Waals surface area contributed by atoms with Crippen molar-refractivity contribution >= 4 is 29.1 Å². The fraction of sp³-hybridized carbons (Fsp3) is 0.345. The maximum absolute atomic E-state index is 14.5. The van der Waals surface area contributed by atoms with Gasteiger partial charge in [-0.2, -0.15) is 13.2 Å². The number of halogens is 4. The van der Waals surface area contributed by atoms with Crippen molar-refractivity contribution in [1.82, 2.24) is 9.88 Å². The molecule has 0 aliphatic heterocycles. The lowest BCUT2D eigenvalue weighted by molar-refractivity contribution is -0.137. The Bertz CT molecular complexity index is 1460. The first-order valence-electron chi connectivity index (χ1n) is 12.8. The molecule has 1 atom stereocenters. The Morgan fingerprint density at radius 3 is 2.33 bits per heavy atom. The number of carbonyl (C=O) groups is 2. The summed E-state index contributed by atoms with van der Waals surface area (Å²) in [6, 6.07) is 8.11. The molecule has 0 aliphatic rings. The summed E-state index contributed by atoms with van der Waals surface area (Å²) in [4.78, 5) is 30.8. The van der Waals surface area contributed by atoms with Gasteiger partial charge in [0, 0.05) is 30.3 Å². The van der Waals surface area contributed by atoms with Crippen LogP contribution in [0.5, 0.6) is 5.88 Å². The number of nitrogens with one attached hydrogen (secondary N) is 1. The van der Waals surface area contributed by atoms with Gasteiger partial charge in [-0.3, -0.25) is 0 Å². The van der Waals surface area contributed by atoms with E-state index in [4.69, 9.17) is 15.2 Å². The number of carbonyl (C=O) groups excluding carboxylic acids is 1. The van der Waals surface area contributed by atoms with Gasteiger partial charge in [0.2, 0.25) is 5.88 Å². The van der Waals surface area contributed by atoms with Crippen LogP contribution in [0.25, 0.3) is 0 Å². The Morgan fingerprint density at radius 2 is 1.74 bits per heavy atom. The Hall–Kier alpha value is -4.55. The van der Waals surface area contributed by atoms with Crippen molar-refractivity contribution in [3.63, 3.8) is 0 Å². The van der Waals surface area contributed by atoms with E-state index in [2.05, 4.69) is 10.3 Å². The SMILES string of the molecule is COc1ccc(N)c(CCN(C(=O)OC(C)(C)C)C(C)c2cc(F)ccc2Nc2ccc(C(F)(F)F)cc2C(=O)O)n1. The van der Waals surface area contributed by atoms with Gasteiger partial charge in [0.05, 0.1) is 41.3 Å². The van der Waals surface area contributed by atoms with Crippen molar-refractivity contribution in [2.24, 2.45) is 0 Å². The maximum Gasteiger partial charge on any atom is 0.416 e. The minimum absolute atomic E-state index is 0.0249. The smallest absolute Gasteiger partial charge is 0.416 e. The molecule has 0 saturated carbocycles. The van der Waals surface area contributed by atoms with Crippen LogP contribution in [-0.2, 0) is 17.3 Å². The van der Waals surface area contributed by atoms with E-state index >= 15 is 0 Å². The molecule has 42 heavy (non-hydrogen) atoms. The number of nitrogens with two attached hydrogens (primary N) is 1. The van der Waals surface area contributed by atoms with Gasteiger partial charge in [0.15, 0.2) is 0 Å². The molecular formula is C29H32F4N4O5. The lowest BCUT2D eigenvalue weighted by atomic mass is 10.0. The van der Waals surface area contributed by atoms with E-state index in [1.165, 1.54) is 18.1 Å². The van der Waals surface area contributed by atoms with Crippen LogP contribution in [0, 0.1) is 5.82 Å². The van der Waals surface area contributed by atoms with Gasteiger partial charge < -0.3 is 30.5 Å². The number of pyridine rings is 1. The third kappa shape index (κ3) is 8.02. The van der Waals surface area contributed by atoms with E-state index in [1.54, 1.807) is 39.8 Å². The minimum Gasteiger partial charge on any atom is -0.481 e. The molecule has 0 spiro atoms. The number of nitrogen functional groups attached to an aromatic ring is 1. The third-order valence-corrected chi connectivity index (χ3v) is 6.19. The van der Waals surface area contributed by atoms with Crippen molar-refractivity contribution in [1.29, 1.82) is 0 Å². The molecule has 0 fully saturated rings. The molecule has 0 saturated heterocycles. The summed E-state index contributed by atoms with van der Waals surface area (Å²) in [5, 5.41) is 12.4. The van der Waals surface area contributed by atoms with Crippen molar-refractivity contribution < 1.29 is 41.7 Å². The molecular weight excluding hydrogens is 560 g/mol. The first-order valence-corrected chi connectivity index (χ1v) is 12.8. The predicted octanol–water partition coefficient (Wildman–Crippen LogP) is 6.81. The third-order valence-electron chi connectivity index (χ3n) is 6.19. The molecule has 3 rings (SSSR count). The molecule has 2 aromatic carbocycles. The number of alkyl halides is 3. The summed E-state index contributed by atoms with van der Waals surface area (Å²) in [5.41, 5.74) is 4.45. The van der Waals surface area contributed by atoms with Crippen LogP contribution < -0.4 is 15.8 Å². The molecule has 1 heterocycles. The normalized spacial score (nSPS) is 12.4. The number of carboxylic acids is 1. The summed E-state index contributed by atoms with van der Waals surface area (Å²) in [6.07, 6.45) is -5.31. The van der Waals surface area contributed by atoms with Crippen molar-refractivity contribution in [2.45, 2.75) is 51.9 Å². The number of amides is 1. The number of methoxy groups -OCH3 is 1. The Kier molecular flexibility index (Phi) is 9.54. The number of aromatic carboxylic acids is 1. The van der Waals surface area contributed by atoms with E-state index in [0.29, 0.717) is 23.3 Å². The van der Waals surface area contributed by atoms with Crippen molar-refractivity contribution in [2.75, 3.05) is 24.7 Å². The van der Waals surface area contributed by atoms with E-state index in [0.717, 1.165) is 24.3 Å². The number of rotatable bonds is 9. The summed E-state index contributed by atoms with van der Waals surface area (Å²) >= 11 is 0. The zero-order valence-corrected chi connectivity index (χ0v) is 23.7. The number of benzene rings is 2. The number of carboxylic acid groups (broad SMARTS) is 1. The van der Waals surface area contributed by atoms with E-state index < -0.39 is 46.8 Å². The van der Waals surface area contributed by atoms with Crippen LogP contribution in [-0.4, -0.2) is 46.3 Å². The molecule has 1 amide bonds. The van der Waals surface area contributed by atoms with Gasteiger partial charge in [-0.1, -0.05) is 0 Å². The average Bonchev–Trinajstić information content (AvgIpc) is 2.89. The molecule has 226 valence electrons. The summed E-state index contributed by atoms with van der Waals surface area (Å²) in [7, 11) is 1.45. The molecule has 1 unspecified atom stereocenters. The standard InChI is InChI=1S/C29H32F4N4O5/c1-16(37(27(40)42-28(2,3)4)13-12-24-21(34)8-11-25(36-24)41-5)19-15-18(30)7-10-22(19)35-23-9-6-17(29(31,32)33)14-20(23)26(38)39/h6-11,14-16,35H,12-13,34H2,1-5H3,(H,38,39). The highest BCUT2D eigenvalue weighted by Gasteiger charge is 2.32. The first-order chi connectivity index (χ1) is 19.5. The highest BCUT2D eigenvalue weighted by atomic mass is 19.4. The average molecular weight is 593 g/mol. The van der Waals surface area contributed by atoms with Crippen LogP contribution in [0.3, 0.4) is 0 Å². The topological polar surface area (TPSA) is 127 Å². The second-order valence-corrected chi connectivity index (χ2v) is 10.4. The highest BCUT2D eigenvalue weighted by Crippen LogP contribution is 2.36. The van der Waals surface area contributed by atoms with Crippen LogP contribution in [0.2, 0.25) is 0 Å². The Labute approximate surface area is 240 Å². The number of nitrogens with zero attached hydrogens (tertiary/aromatic N) is 2. The van der Waals surface area contributed by atoms with Crippen LogP contribution in [0.4, 0.5) is 39.4 Å². The lowest BCUT2D eigenvalue weighted by Gasteiger charge is -2.33. The van der Waals surface area contributed by atoms with E-state index in [9.17, 15) is 32.3 Å². The lowest BCUT2D eigenvalue weighted by Crippen LogP contribution is -2.40. The van der Waals surface area contributed by atoms with Crippen molar-refractivity contribution in [3.8, 4) is 5.88 Å². The summed E-state index contributed by atoms with van der Waals surface area (Å²) < 4.78 is 65.0. The fourth-order valence-corrected chi connectivity index (χ4v) is 4.11. The second kappa shape index (κ2) is 12.5. The second-order valence-electron chi connectivity index (χ2n) is 10.4. The largest absolute Gasteiger partial charge is 0.481 e. The molecule has 1 aromatic heterocycles. The zero-order chi connectivity index (χ0) is 31.4. The maximum atomic E-state index is 14.5. The predicted molar refractivity (Wildman–Crippen MR) is 148 cm³/mol. The summed E-state index contributed by atoms with van der Waals surface area (Å²) in [6.45, 7) is 6.68. The Balaban J connectivity index is 2.03. The minimum atomic E-state index is -4.76. The van der Waals surface area contributed by atoms with Gasteiger partial charge in [-0.15, -0.1) is 0 Å². The fourth-order valence-electron chi connectivity index (χ4n) is 4.11. The molecule has 9 nitrogen and oxygen atoms in total. The summed E-state index contributed by atoms with van der Waals surface area (Å²) in [5.74, 6) is -1.94. The zero-order valence-electron chi connectivity index (χ0n) is 23.7. The number of ether oxygens (including phenoxy) is 2. The molecule has 0 aliphatic carbocycles. The monoisotopic (exact) mass is 592 g/mol. The number of aromatic nitrogens is 1. The quantitative estimate of drug-likeness (QED) is 0.231. The van der Waals surface area contributed by atoms with Crippen LogP contribution >= 0.6 is 0 Å². The first kappa shape index (κ1) is 32.0. The molecule has 0 radical (unpaired) electrons. The molecule has 4 N–H and O–H groups in total. The molecule has 13 heteroatoms. The Morgan fingerprint density at radius 1 is 1.07 bits per heavy atom. The van der Waals surface area contributed by atoms with Gasteiger partial charge in [-0.25, -0.2) is 19.0 Å². The van der Waals surface area contributed by atoms with Gasteiger partial charge in [-0.05, 0) is 70.2 Å². The van der Waals surface area contributed by atoms with Crippen LogP contribution in [0.1, 0.15) is 60.9 Å². The highest BCUT2D eigenvalue weighted by molar-refractivity contribution is 5.95. The number of hydrogen-bond donors (Lipinski definition) is 3. The molecule has 3 aromatic rings. The van der Waals surface area contributed by atoms with Crippen molar-refractivity contribution in [3.05, 3.63) is 76.7 Å². The number of anilines is 3. The van der Waals surface area contributed by atoms with Gasteiger partial charge in [0.25, 0.3) is 0 Å². The molecule has 0 bridgehead atoms. The van der Waals surface area contributed by atoms with Crippen LogP contribution in [0.15, 0.2) is 48.5 Å². The van der Waals surface area contributed by atoms with E-state index in [-0.39, 0.29) is 29.9 Å². The van der Waals surface area contributed by atoms with E-state index in [1.807, 2.05) is 0 Å².